The fourth-order valence-corrected chi connectivity index (χ4v) is 2.76. The van der Waals surface area contributed by atoms with E-state index in [4.69, 9.17) is 0 Å². The summed E-state index contributed by atoms with van der Waals surface area (Å²) in [7, 11) is 0. The van der Waals surface area contributed by atoms with Gasteiger partial charge in [-0.15, -0.1) is 0 Å². The van der Waals surface area contributed by atoms with E-state index in [2.05, 4.69) is 50.9 Å². The molecule has 0 saturated heterocycles. The SMILES string of the molecule is CCN(CCC(C#N)(NC(C)C)c1ccccc1)C(C)C. The van der Waals surface area contributed by atoms with Gasteiger partial charge in [0.1, 0.15) is 5.54 Å². The smallest absolute Gasteiger partial charge is 0.133 e. The standard InChI is InChI=1S/C18H29N3/c1-6-21(16(4)5)13-12-18(14-19,20-15(2)3)17-10-8-7-9-11-17/h7-11,15-16,20H,6,12-13H2,1-5H3. The maximum absolute atomic E-state index is 9.87. The number of nitrogens with zero attached hydrogens (tertiary/aromatic N) is 2. The Bertz CT molecular complexity index is 447. The zero-order valence-corrected chi connectivity index (χ0v) is 14.1. The summed E-state index contributed by atoms with van der Waals surface area (Å²) in [5, 5.41) is 13.4. The third-order valence-electron chi connectivity index (χ3n) is 3.90. The fraction of sp³-hybridized carbons (Fsp3) is 0.611. The predicted molar refractivity (Wildman–Crippen MR) is 89.0 cm³/mol. The molecule has 0 radical (unpaired) electrons. The molecule has 1 N–H and O–H groups in total. The Hall–Kier alpha value is -1.37. The van der Waals surface area contributed by atoms with Crippen molar-refractivity contribution in [3.05, 3.63) is 35.9 Å². The van der Waals surface area contributed by atoms with E-state index in [0.717, 1.165) is 25.1 Å². The highest BCUT2D eigenvalue weighted by Crippen LogP contribution is 2.26. The van der Waals surface area contributed by atoms with Gasteiger partial charge in [-0.1, -0.05) is 37.3 Å². The van der Waals surface area contributed by atoms with E-state index in [9.17, 15) is 5.26 Å². The van der Waals surface area contributed by atoms with E-state index in [1.165, 1.54) is 0 Å². The van der Waals surface area contributed by atoms with Gasteiger partial charge in [0.25, 0.3) is 0 Å². The first-order chi connectivity index (χ1) is 9.95. The molecule has 21 heavy (non-hydrogen) atoms. The monoisotopic (exact) mass is 287 g/mol. The molecule has 0 heterocycles. The molecule has 3 nitrogen and oxygen atoms in total. The first-order valence-corrected chi connectivity index (χ1v) is 7.93. The number of nitriles is 1. The van der Waals surface area contributed by atoms with Crippen molar-refractivity contribution in [2.45, 2.75) is 58.7 Å². The van der Waals surface area contributed by atoms with Crippen molar-refractivity contribution in [1.82, 2.24) is 10.2 Å². The van der Waals surface area contributed by atoms with Gasteiger partial charge in [-0.2, -0.15) is 5.26 Å². The van der Waals surface area contributed by atoms with Crippen molar-refractivity contribution in [2.24, 2.45) is 0 Å². The second-order valence-electron chi connectivity index (χ2n) is 6.15. The molecule has 0 aliphatic heterocycles. The van der Waals surface area contributed by atoms with Crippen LogP contribution in [0.2, 0.25) is 0 Å². The second-order valence-corrected chi connectivity index (χ2v) is 6.15. The van der Waals surface area contributed by atoms with Gasteiger partial charge in [0.15, 0.2) is 0 Å². The van der Waals surface area contributed by atoms with Crippen molar-refractivity contribution < 1.29 is 0 Å². The molecule has 3 heteroatoms. The molecule has 1 aromatic carbocycles. The summed E-state index contributed by atoms with van der Waals surface area (Å²) in [4.78, 5) is 2.40. The zero-order valence-electron chi connectivity index (χ0n) is 14.1. The number of hydrogen-bond acceptors (Lipinski definition) is 3. The van der Waals surface area contributed by atoms with Crippen LogP contribution in [-0.4, -0.2) is 30.1 Å². The van der Waals surface area contributed by atoms with Crippen molar-refractivity contribution in [1.29, 1.82) is 5.26 Å². The molecule has 0 bridgehead atoms. The van der Waals surface area contributed by atoms with E-state index >= 15 is 0 Å². The van der Waals surface area contributed by atoms with E-state index in [-0.39, 0.29) is 6.04 Å². The molecule has 0 aromatic heterocycles. The third kappa shape index (κ3) is 4.84. The normalized spacial score (nSPS) is 14.4. The topological polar surface area (TPSA) is 39.1 Å². The summed E-state index contributed by atoms with van der Waals surface area (Å²) < 4.78 is 0. The van der Waals surface area contributed by atoms with Crippen molar-refractivity contribution in [3.8, 4) is 6.07 Å². The maximum atomic E-state index is 9.87. The van der Waals surface area contributed by atoms with Crippen LogP contribution in [0, 0.1) is 11.3 Å². The first-order valence-electron chi connectivity index (χ1n) is 7.93. The third-order valence-corrected chi connectivity index (χ3v) is 3.90. The zero-order chi connectivity index (χ0) is 15.9. The Morgan fingerprint density at radius 2 is 1.81 bits per heavy atom. The van der Waals surface area contributed by atoms with Crippen molar-refractivity contribution >= 4 is 0 Å². The average Bonchev–Trinajstić information content (AvgIpc) is 2.46. The average molecular weight is 287 g/mol. The van der Waals surface area contributed by atoms with Crippen molar-refractivity contribution in [3.63, 3.8) is 0 Å². The maximum Gasteiger partial charge on any atom is 0.133 e. The van der Waals surface area contributed by atoms with Crippen LogP contribution in [0.15, 0.2) is 30.3 Å². The molecule has 0 saturated carbocycles. The van der Waals surface area contributed by atoms with Crippen LogP contribution in [0.5, 0.6) is 0 Å². The minimum atomic E-state index is -0.613. The molecule has 0 aliphatic carbocycles. The summed E-state index contributed by atoms with van der Waals surface area (Å²) >= 11 is 0. The van der Waals surface area contributed by atoms with Crippen molar-refractivity contribution in [2.75, 3.05) is 13.1 Å². The lowest BCUT2D eigenvalue weighted by Crippen LogP contribution is -2.47. The molecule has 1 aromatic rings. The largest absolute Gasteiger partial charge is 0.301 e. The highest BCUT2D eigenvalue weighted by Gasteiger charge is 2.33. The number of rotatable bonds is 8. The number of nitrogens with one attached hydrogen (secondary N) is 1. The van der Waals surface area contributed by atoms with Crippen LogP contribution in [0.3, 0.4) is 0 Å². The van der Waals surface area contributed by atoms with Gasteiger partial charge in [-0.05, 0) is 46.2 Å². The second kappa shape index (κ2) is 8.17. The quantitative estimate of drug-likeness (QED) is 0.795. The van der Waals surface area contributed by atoms with Crippen LogP contribution in [0.25, 0.3) is 0 Å². The predicted octanol–water partition coefficient (Wildman–Crippen LogP) is 3.52. The number of benzene rings is 1. The fourth-order valence-electron chi connectivity index (χ4n) is 2.76. The molecule has 1 atom stereocenters. The van der Waals surface area contributed by atoms with E-state index in [0.29, 0.717) is 6.04 Å². The molecule has 0 fully saturated rings. The van der Waals surface area contributed by atoms with Gasteiger partial charge < -0.3 is 4.90 Å². The van der Waals surface area contributed by atoms with Gasteiger partial charge in [0.05, 0.1) is 6.07 Å². The summed E-state index contributed by atoms with van der Waals surface area (Å²) in [5.74, 6) is 0. The highest BCUT2D eigenvalue weighted by molar-refractivity contribution is 5.31. The Labute approximate surface area is 130 Å². The minimum Gasteiger partial charge on any atom is -0.301 e. The lowest BCUT2D eigenvalue weighted by atomic mass is 9.87. The highest BCUT2D eigenvalue weighted by atomic mass is 15.1. The lowest BCUT2D eigenvalue weighted by Gasteiger charge is -2.34. The van der Waals surface area contributed by atoms with E-state index < -0.39 is 5.54 Å². The Morgan fingerprint density at radius 1 is 1.19 bits per heavy atom. The summed E-state index contributed by atoms with van der Waals surface area (Å²) in [6, 6.07) is 13.4. The van der Waals surface area contributed by atoms with Crippen LogP contribution in [0.1, 0.15) is 46.6 Å². The molecule has 116 valence electrons. The Morgan fingerprint density at radius 3 is 2.24 bits per heavy atom. The minimum absolute atomic E-state index is 0.263. The lowest BCUT2D eigenvalue weighted by molar-refractivity contribution is 0.204. The van der Waals surface area contributed by atoms with Crippen LogP contribution >= 0.6 is 0 Å². The van der Waals surface area contributed by atoms with Gasteiger partial charge in [0, 0.05) is 18.6 Å². The number of hydrogen-bond donors (Lipinski definition) is 1. The van der Waals surface area contributed by atoms with Gasteiger partial charge in [-0.3, -0.25) is 5.32 Å². The Balaban J connectivity index is 3.00. The van der Waals surface area contributed by atoms with Gasteiger partial charge in [0.2, 0.25) is 0 Å². The molecular weight excluding hydrogens is 258 g/mol. The summed E-state index contributed by atoms with van der Waals surface area (Å²) in [6.07, 6.45) is 0.789. The molecule has 0 spiro atoms. The summed E-state index contributed by atoms with van der Waals surface area (Å²) in [5.41, 5.74) is 0.443. The van der Waals surface area contributed by atoms with Crippen LogP contribution in [-0.2, 0) is 5.54 Å². The molecule has 0 aliphatic rings. The molecule has 1 rings (SSSR count). The summed E-state index contributed by atoms with van der Waals surface area (Å²) in [6.45, 7) is 12.7. The van der Waals surface area contributed by atoms with E-state index in [1.54, 1.807) is 0 Å². The van der Waals surface area contributed by atoms with E-state index in [1.807, 2.05) is 30.3 Å². The van der Waals surface area contributed by atoms with Crippen LogP contribution < -0.4 is 5.32 Å². The van der Waals surface area contributed by atoms with Crippen LogP contribution in [0.4, 0.5) is 0 Å². The Kier molecular flexibility index (Phi) is 6.87. The molecular formula is C18H29N3. The first kappa shape index (κ1) is 17.7. The molecule has 0 amide bonds. The molecule has 1 unspecified atom stereocenters. The van der Waals surface area contributed by atoms with Gasteiger partial charge >= 0.3 is 0 Å². The van der Waals surface area contributed by atoms with Gasteiger partial charge in [-0.25, -0.2) is 0 Å².